The average molecular weight is 276 g/mol. The molecule has 0 aliphatic rings. The standard InChI is InChI=1S/C6H14O2Se2/c1-2-5-9-10-6(8)3-4-7/h6-8H,2-5H2,1H3. The third-order valence-electron chi connectivity index (χ3n) is 0.843. The molecule has 0 spiro atoms. The Morgan fingerprint density at radius 1 is 1.50 bits per heavy atom. The first-order valence-electron chi connectivity index (χ1n) is 3.38. The van der Waals surface area contributed by atoms with E-state index in [0.717, 1.165) is 0 Å². The summed E-state index contributed by atoms with van der Waals surface area (Å²) in [5.74, 6) is 0. The quantitative estimate of drug-likeness (QED) is 0.523. The molecule has 0 aliphatic carbocycles. The van der Waals surface area contributed by atoms with Crippen molar-refractivity contribution in [3.05, 3.63) is 0 Å². The molecule has 10 heavy (non-hydrogen) atoms. The third-order valence-corrected chi connectivity index (χ3v) is 9.02. The zero-order chi connectivity index (χ0) is 7.82. The van der Waals surface area contributed by atoms with E-state index in [0.29, 0.717) is 32.7 Å². The van der Waals surface area contributed by atoms with Crippen molar-refractivity contribution in [2.24, 2.45) is 0 Å². The molecule has 0 fully saturated rings. The van der Waals surface area contributed by atoms with Gasteiger partial charge in [-0.15, -0.1) is 0 Å². The van der Waals surface area contributed by atoms with Crippen LogP contribution in [0.25, 0.3) is 0 Å². The summed E-state index contributed by atoms with van der Waals surface area (Å²) in [4.78, 5) is 0. The van der Waals surface area contributed by atoms with Crippen LogP contribution in [0, 0.1) is 0 Å². The Morgan fingerprint density at radius 2 is 2.20 bits per heavy atom. The van der Waals surface area contributed by atoms with Crippen molar-refractivity contribution in [1.29, 1.82) is 0 Å². The normalized spacial score (nSPS) is 13.5. The summed E-state index contributed by atoms with van der Waals surface area (Å²) in [6.45, 7) is 2.29. The second-order valence-electron chi connectivity index (χ2n) is 1.89. The molecular formula is C6H14O2Se2. The van der Waals surface area contributed by atoms with E-state index in [2.05, 4.69) is 6.92 Å². The number of aliphatic hydroxyl groups is 2. The molecular weight excluding hydrogens is 262 g/mol. The molecule has 0 saturated carbocycles. The van der Waals surface area contributed by atoms with Crippen molar-refractivity contribution in [1.82, 2.24) is 0 Å². The number of rotatable bonds is 6. The summed E-state index contributed by atoms with van der Waals surface area (Å²) in [5, 5.41) is 18.7. The van der Waals surface area contributed by atoms with Crippen LogP contribution in [0.3, 0.4) is 0 Å². The van der Waals surface area contributed by atoms with Crippen LogP contribution in [0.15, 0.2) is 0 Å². The molecule has 0 aromatic rings. The molecule has 0 bridgehead atoms. The molecule has 62 valence electrons. The SMILES string of the molecule is CCC[Se][Se]C(O)CCO. The fourth-order valence-electron chi connectivity index (χ4n) is 0.369. The Bertz CT molecular complexity index is 70.8. The minimum absolute atomic E-state index is 0.130. The van der Waals surface area contributed by atoms with Crippen molar-refractivity contribution in [2.75, 3.05) is 6.61 Å². The van der Waals surface area contributed by atoms with Gasteiger partial charge in [0.2, 0.25) is 0 Å². The van der Waals surface area contributed by atoms with Gasteiger partial charge in [-0.3, -0.25) is 0 Å². The van der Waals surface area contributed by atoms with Crippen molar-refractivity contribution in [2.45, 2.75) is 30.1 Å². The zero-order valence-corrected chi connectivity index (χ0v) is 9.54. The van der Waals surface area contributed by atoms with Crippen LogP contribution >= 0.6 is 0 Å². The van der Waals surface area contributed by atoms with Gasteiger partial charge in [0.1, 0.15) is 0 Å². The van der Waals surface area contributed by atoms with Gasteiger partial charge in [-0.25, -0.2) is 0 Å². The molecule has 0 aliphatic heterocycles. The Morgan fingerprint density at radius 3 is 2.70 bits per heavy atom. The van der Waals surface area contributed by atoms with E-state index in [1.165, 1.54) is 11.7 Å². The average Bonchev–Trinajstić information content (AvgIpc) is 1.89. The van der Waals surface area contributed by atoms with E-state index in [4.69, 9.17) is 10.2 Å². The predicted molar refractivity (Wildman–Crippen MR) is 44.3 cm³/mol. The van der Waals surface area contributed by atoms with Crippen LogP contribution in [-0.2, 0) is 0 Å². The molecule has 0 aromatic carbocycles. The number of hydrogen-bond donors (Lipinski definition) is 2. The maximum absolute atomic E-state index is 9.16. The van der Waals surface area contributed by atoms with Gasteiger partial charge in [-0.05, 0) is 0 Å². The molecule has 0 saturated heterocycles. The first-order valence-corrected chi connectivity index (χ1v) is 9.91. The van der Waals surface area contributed by atoms with E-state index >= 15 is 0 Å². The maximum atomic E-state index is 9.16. The molecule has 0 radical (unpaired) electrons. The van der Waals surface area contributed by atoms with Crippen LogP contribution in [0.2, 0.25) is 5.32 Å². The van der Waals surface area contributed by atoms with Crippen molar-refractivity contribution in [3.63, 3.8) is 0 Å². The fraction of sp³-hybridized carbons (Fsp3) is 1.00. The summed E-state index contributed by atoms with van der Waals surface area (Å²) in [6, 6.07) is 0. The van der Waals surface area contributed by atoms with E-state index in [1.807, 2.05) is 0 Å². The molecule has 2 nitrogen and oxygen atoms in total. The summed E-state index contributed by atoms with van der Waals surface area (Å²) in [5.41, 5.74) is 0. The van der Waals surface area contributed by atoms with Crippen LogP contribution in [-0.4, -0.2) is 48.1 Å². The van der Waals surface area contributed by atoms with E-state index in [9.17, 15) is 0 Å². The van der Waals surface area contributed by atoms with Gasteiger partial charge in [0.25, 0.3) is 0 Å². The van der Waals surface area contributed by atoms with E-state index < -0.39 is 0 Å². The van der Waals surface area contributed by atoms with Crippen LogP contribution in [0.1, 0.15) is 19.8 Å². The molecule has 0 heterocycles. The third kappa shape index (κ3) is 7.07. The predicted octanol–water partition coefficient (Wildman–Crippen LogP) is -0.161. The number of aliphatic hydroxyl groups excluding tert-OH is 2. The van der Waals surface area contributed by atoms with Crippen LogP contribution in [0.4, 0.5) is 0 Å². The van der Waals surface area contributed by atoms with Gasteiger partial charge in [0.15, 0.2) is 0 Å². The van der Waals surface area contributed by atoms with Crippen LogP contribution < -0.4 is 0 Å². The first kappa shape index (κ1) is 11.0. The number of hydrogen-bond acceptors (Lipinski definition) is 2. The molecule has 1 atom stereocenters. The second kappa shape index (κ2) is 8.06. The molecule has 0 aromatic heterocycles. The summed E-state index contributed by atoms with van der Waals surface area (Å²) in [6.07, 6.45) is 1.80. The summed E-state index contributed by atoms with van der Waals surface area (Å²) < 4.78 is 0. The molecule has 0 rings (SSSR count). The monoisotopic (exact) mass is 278 g/mol. The molecule has 0 amide bonds. The molecule has 2 N–H and O–H groups in total. The topological polar surface area (TPSA) is 40.5 Å². The van der Waals surface area contributed by atoms with Gasteiger partial charge in [0, 0.05) is 0 Å². The fourth-order valence-corrected chi connectivity index (χ4v) is 7.30. The van der Waals surface area contributed by atoms with Gasteiger partial charge >= 0.3 is 73.2 Å². The van der Waals surface area contributed by atoms with E-state index in [-0.39, 0.29) is 11.6 Å². The first-order chi connectivity index (χ1) is 4.81. The minimum atomic E-state index is -0.191. The van der Waals surface area contributed by atoms with Gasteiger partial charge < -0.3 is 0 Å². The Balaban J connectivity index is 2.97. The van der Waals surface area contributed by atoms with Crippen LogP contribution in [0.5, 0.6) is 0 Å². The Hall–Kier alpha value is 0.959. The van der Waals surface area contributed by atoms with Crippen molar-refractivity contribution >= 4 is 26.3 Å². The van der Waals surface area contributed by atoms with Crippen molar-refractivity contribution in [3.8, 4) is 0 Å². The summed E-state index contributed by atoms with van der Waals surface area (Å²) >= 11 is 1.04. The second-order valence-corrected chi connectivity index (χ2v) is 9.45. The van der Waals surface area contributed by atoms with E-state index in [1.54, 1.807) is 0 Å². The van der Waals surface area contributed by atoms with Crippen molar-refractivity contribution < 1.29 is 10.2 Å². The molecule has 4 heteroatoms. The molecule has 1 unspecified atom stereocenters. The Kier molecular flexibility index (Phi) is 8.83. The van der Waals surface area contributed by atoms with Gasteiger partial charge in [0.05, 0.1) is 0 Å². The van der Waals surface area contributed by atoms with Gasteiger partial charge in [-0.2, -0.15) is 0 Å². The van der Waals surface area contributed by atoms with Gasteiger partial charge in [-0.1, -0.05) is 0 Å². The Labute approximate surface area is 73.3 Å². The zero-order valence-electron chi connectivity index (χ0n) is 6.12. The summed E-state index contributed by atoms with van der Waals surface area (Å²) in [7, 11) is 0.